The van der Waals surface area contributed by atoms with Crippen LogP contribution in [0.2, 0.25) is 0 Å². The lowest BCUT2D eigenvalue weighted by molar-refractivity contribution is -0.147. The molecule has 0 aliphatic heterocycles. The highest BCUT2D eigenvalue weighted by atomic mass is 19.3. The number of carboxylic acids is 1. The van der Waals surface area contributed by atoms with Crippen molar-refractivity contribution in [3.05, 3.63) is 47.5 Å². The lowest BCUT2D eigenvalue weighted by Crippen LogP contribution is -2.24. The third kappa shape index (κ3) is 2.93. The van der Waals surface area contributed by atoms with Gasteiger partial charge in [0.2, 0.25) is 0 Å². The highest BCUT2D eigenvalue weighted by molar-refractivity contribution is 5.87. The predicted molar refractivity (Wildman–Crippen MR) is 71.0 cm³/mol. The summed E-state index contributed by atoms with van der Waals surface area (Å²) in [5.41, 5.74) is 0.341. The second-order valence-electron chi connectivity index (χ2n) is 4.57. The minimum atomic E-state index is -3.24. The summed E-state index contributed by atoms with van der Waals surface area (Å²) in [5.74, 6) is -4.50. The van der Waals surface area contributed by atoms with Gasteiger partial charge in [-0.15, -0.1) is 0 Å². The number of alkyl halides is 2. The molecule has 0 saturated carbocycles. The third-order valence-electron chi connectivity index (χ3n) is 3.01. The summed E-state index contributed by atoms with van der Waals surface area (Å²) in [6.45, 7) is -0.0829. The van der Waals surface area contributed by atoms with Crippen LogP contribution in [0.5, 0.6) is 0 Å². The molecule has 106 valence electrons. The van der Waals surface area contributed by atoms with E-state index in [0.717, 1.165) is 0 Å². The Morgan fingerprint density at radius 3 is 2.65 bits per heavy atom. The number of halogens is 2. The second-order valence-corrected chi connectivity index (χ2v) is 4.57. The molecule has 20 heavy (non-hydrogen) atoms. The molecule has 0 aromatic heterocycles. The smallest absolute Gasteiger partial charge is 0.329 e. The van der Waals surface area contributed by atoms with E-state index in [2.05, 4.69) is 4.74 Å². The van der Waals surface area contributed by atoms with Gasteiger partial charge in [0.15, 0.2) is 0 Å². The number of fused-ring (bicyclic) bond motifs is 1. The molecule has 2 rings (SSSR count). The summed E-state index contributed by atoms with van der Waals surface area (Å²) in [4.78, 5) is 10.3. The molecule has 0 aliphatic rings. The van der Waals surface area contributed by atoms with Gasteiger partial charge >= 0.3 is 5.97 Å². The van der Waals surface area contributed by atoms with Gasteiger partial charge in [-0.05, 0) is 23.3 Å². The van der Waals surface area contributed by atoms with E-state index >= 15 is 0 Å². The van der Waals surface area contributed by atoms with Crippen LogP contribution in [-0.2, 0) is 15.5 Å². The molecule has 1 N–H and O–H groups in total. The summed E-state index contributed by atoms with van der Waals surface area (Å²) in [6.07, 6.45) is 0. The lowest BCUT2D eigenvalue weighted by atomic mass is 9.95. The average molecular weight is 280 g/mol. The Bertz CT molecular complexity index is 638. The first kappa shape index (κ1) is 14.4. The summed E-state index contributed by atoms with van der Waals surface area (Å²) in [7, 11) is 0. The van der Waals surface area contributed by atoms with E-state index < -0.39 is 25.1 Å². The zero-order chi connectivity index (χ0) is 14.8. The molecule has 0 saturated heterocycles. The van der Waals surface area contributed by atoms with Gasteiger partial charge in [-0.1, -0.05) is 36.4 Å². The van der Waals surface area contributed by atoms with E-state index in [-0.39, 0.29) is 5.56 Å². The Hall–Kier alpha value is -2.01. The largest absolute Gasteiger partial charge is 0.480 e. The van der Waals surface area contributed by atoms with E-state index in [9.17, 15) is 13.6 Å². The molecule has 0 unspecified atom stereocenters. The maximum absolute atomic E-state index is 14.3. The van der Waals surface area contributed by atoms with Crippen LogP contribution < -0.4 is 0 Å². The number of aliphatic carboxylic acids is 1. The fourth-order valence-electron chi connectivity index (χ4n) is 2.20. The molecule has 0 atom stereocenters. The van der Waals surface area contributed by atoms with Gasteiger partial charge in [0, 0.05) is 5.56 Å². The van der Waals surface area contributed by atoms with Crippen molar-refractivity contribution in [1.29, 1.82) is 0 Å². The molecule has 2 aromatic rings. The van der Waals surface area contributed by atoms with Crippen molar-refractivity contribution < 1.29 is 23.4 Å². The number of carbonyl (C=O) groups is 1. The van der Waals surface area contributed by atoms with E-state index in [0.29, 0.717) is 16.3 Å². The minimum Gasteiger partial charge on any atom is -0.480 e. The van der Waals surface area contributed by atoms with Crippen LogP contribution in [0.15, 0.2) is 36.4 Å². The zero-order valence-electron chi connectivity index (χ0n) is 10.9. The first-order chi connectivity index (χ1) is 9.42. The fourth-order valence-corrected chi connectivity index (χ4v) is 2.20. The van der Waals surface area contributed by atoms with Crippen molar-refractivity contribution in [2.75, 3.05) is 13.2 Å². The molecular formula is C15H14F2O3. The van der Waals surface area contributed by atoms with Gasteiger partial charge in [-0.2, -0.15) is 8.78 Å². The number of hydrogen-bond donors (Lipinski definition) is 1. The molecule has 0 aliphatic carbocycles. The monoisotopic (exact) mass is 280 g/mol. The van der Waals surface area contributed by atoms with Crippen molar-refractivity contribution in [1.82, 2.24) is 0 Å². The van der Waals surface area contributed by atoms with E-state index in [1.54, 1.807) is 43.3 Å². The molecule has 5 heteroatoms. The maximum atomic E-state index is 14.3. The van der Waals surface area contributed by atoms with Gasteiger partial charge in [-0.25, -0.2) is 4.79 Å². The number of carboxylic acid groups (broad SMARTS) is 1. The number of rotatable bonds is 5. The van der Waals surface area contributed by atoms with Crippen LogP contribution in [0.1, 0.15) is 11.1 Å². The van der Waals surface area contributed by atoms with Crippen molar-refractivity contribution in [3.63, 3.8) is 0 Å². The van der Waals surface area contributed by atoms with E-state index in [4.69, 9.17) is 5.11 Å². The molecule has 0 bridgehead atoms. The van der Waals surface area contributed by atoms with Crippen LogP contribution in [0.3, 0.4) is 0 Å². The van der Waals surface area contributed by atoms with Gasteiger partial charge in [-0.3, -0.25) is 0 Å². The molecule has 0 radical (unpaired) electrons. The minimum absolute atomic E-state index is 0.110. The Morgan fingerprint density at radius 1 is 1.25 bits per heavy atom. The van der Waals surface area contributed by atoms with Crippen molar-refractivity contribution in [3.8, 4) is 0 Å². The first-order valence-corrected chi connectivity index (χ1v) is 6.08. The number of benzene rings is 2. The van der Waals surface area contributed by atoms with Crippen LogP contribution >= 0.6 is 0 Å². The topological polar surface area (TPSA) is 46.5 Å². The normalized spacial score (nSPS) is 11.8. The Balaban J connectivity index is 2.39. The summed E-state index contributed by atoms with van der Waals surface area (Å²) in [5, 5.41) is 9.61. The highest BCUT2D eigenvalue weighted by Gasteiger charge is 2.35. The van der Waals surface area contributed by atoms with E-state index in [1.807, 2.05) is 0 Å². The average Bonchev–Trinajstić information content (AvgIpc) is 2.37. The van der Waals surface area contributed by atoms with E-state index in [1.165, 1.54) is 0 Å². The lowest BCUT2D eigenvalue weighted by Gasteiger charge is -2.20. The SMILES string of the molecule is Cc1ccc2ccccc2c1C(F)(F)COCC(=O)O. The first-order valence-electron chi connectivity index (χ1n) is 6.08. The Kier molecular flexibility index (Phi) is 3.99. The molecule has 3 nitrogen and oxygen atoms in total. The van der Waals surface area contributed by atoms with Crippen molar-refractivity contribution in [2.45, 2.75) is 12.8 Å². The molecule has 0 amide bonds. The summed E-state index contributed by atoms with van der Waals surface area (Å²) >= 11 is 0. The molecule has 2 aromatic carbocycles. The molecule has 0 fully saturated rings. The molecule has 0 spiro atoms. The molecule has 0 heterocycles. The van der Waals surface area contributed by atoms with Crippen LogP contribution in [0.25, 0.3) is 10.8 Å². The highest BCUT2D eigenvalue weighted by Crippen LogP contribution is 2.36. The standard InChI is InChI=1S/C15H14F2O3/c1-10-6-7-11-4-2-3-5-12(11)14(10)15(16,17)9-20-8-13(18)19/h2-7H,8-9H2,1H3,(H,18,19). The number of aryl methyl sites for hydroxylation is 1. The fraction of sp³-hybridized carbons (Fsp3) is 0.267. The van der Waals surface area contributed by atoms with Gasteiger partial charge in [0.1, 0.15) is 13.2 Å². The van der Waals surface area contributed by atoms with Crippen LogP contribution in [0.4, 0.5) is 8.78 Å². The Labute approximate surface area is 114 Å². The summed E-state index contributed by atoms with van der Waals surface area (Å²) < 4.78 is 33.1. The predicted octanol–water partition coefficient (Wildman–Crippen LogP) is 3.34. The van der Waals surface area contributed by atoms with Gasteiger partial charge in [0.05, 0.1) is 0 Å². The quantitative estimate of drug-likeness (QED) is 0.913. The third-order valence-corrected chi connectivity index (χ3v) is 3.01. The summed E-state index contributed by atoms with van der Waals surface area (Å²) in [6, 6.07) is 10.3. The Morgan fingerprint density at radius 2 is 1.95 bits per heavy atom. The second kappa shape index (κ2) is 5.54. The zero-order valence-corrected chi connectivity index (χ0v) is 10.9. The maximum Gasteiger partial charge on any atom is 0.329 e. The van der Waals surface area contributed by atoms with Gasteiger partial charge in [0.25, 0.3) is 5.92 Å². The number of ether oxygens (including phenoxy) is 1. The van der Waals surface area contributed by atoms with Crippen molar-refractivity contribution in [2.24, 2.45) is 0 Å². The van der Waals surface area contributed by atoms with Crippen LogP contribution in [0, 0.1) is 6.92 Å². The van der Waals surface area contributed by atoms with Crippen molar-refractivity contribution >= 4 is 16.7 Å². The number of hydrogen-bond acceptors (Lipinski definition) is 2. The molecular weight excluding hydrogens is 266 g/mol. The van der Waals surface area contributed by atoms with Crippen LogP contribution in [-0.4, -0.2) is 24.3 Å². The van der Waals surface area contributed by atoms with Gasteiger partial charge < -0.3 is 9.84 Å².